The molecule has 0 radical (unpaired) electrons. The van der Waals surface area contributed by atoms with Crippen molar-refractivity contribution in [3.63, 3.8) is 0 Å². The van der Waals surface area contributed by atoms with E-state index in [4.69, 9.17) is 0 Å². The second kappa shape index (κ2) is 6.19. The van der Waals surface area contributed by atoms with Gasteiger partial charge in [0.1, 0.15) is 6.67 Å². The van der Waals surface area contributed by atoms with E-state index in [0.717, 1.165) is 0 Å². The summed E-state index contributed by atoms with van der Waals surface area (Å²) < 4.78 is 0. The molecule has 2 atom stereocenters. The minimum atomic E-state index is -1.22. The van der Waals surface area contributed by atoms with Crippen LogP contribution in [0.3, 0.4) is 0 Å². The van der Waals surface area contributed by atoms with Gasteiger partial charge < -0.3 is 10.6 Å². The molecule has 164 valence electrons. The highest BCUT2D eigenvalue weighted by Gasteiger charge is 2.59. The summed E-state index contributed by atoms with van der Waals surface area (Å²) in [6, 6.07) is 14.5. The molecule has 6 rings (SSSR count). The van der Waals surface area contributed by atoms with E-state index in [-0.39, 0.29) is 43.1 Å². The molecule has 2 fully saturated rings. The van der Waals surface area contributed by atoms with Gasteiger partial charge in [0.05, 0.1) is 11.4 Å². The van der Waals surface area contributed by atoms with Gasteiger partial charge >= 0.3 is 0 Å². The normalized spacial score (nSPS) is 27.6. The average Bonchev–Trinajstić information content (AvgIpc) is 3.43. The van der Waals surface area contributed by atoms with Crippen molar-refractivity contribution in [3.05, 3.63) is 84.0 Å². The molecule has 8 heteroatoms. The van der Waals surface area contributed by atoms with Gasteiger partial charge in [0, 0.05) is 35.1 Å². The van der Waals surface area contributed by atoms with E-state index < -0.39 is 11.1 Å². The van der Waals surface area contributed by atoms with Crippen molar-refractivity contribution in [2.45, 2.75) is 23.9 Å². The van der Waals surface area contributed by atoms with E-state index >= 15 is 0 Å². The summed E-state index contributed by atoms with van der Waals surface area (Å²) in [6.45, 7) is 7.54. The van der Waals surface area contributed by atoms with Gasteiger partial charge in [-0.1, -0.05) is 49.6 Å². The highest BCUT2D eigenvalue weighted by Crippen LogP contribution is 2.49. The Labute approximate surface area is 189 Å². The quantitative estimate of drug-likeness (QED) is 0.693. The van der Waals surface area contributed by atoms with Gasteiger partial charge in [-0.05, 0) is 12.1 Å². The first-order valence-electron chi connectivity index (χ1n) is 10.6. The van der Waals surface area contributed by atoms with Gasteiger partial charge in [0.15, 0.2) is 11.1 Å². The first-order chi connectivity index (χ1) is 15.8. The third kappa shape index (κ3) is 2.29. The largest absolute Gasteiger partial charge is 0.334 e. The summed E-state index contributed by atoms with van der Waals surface area (Å²) in [5, 5.41) is 5.66. The first kappa shape index (κ1) is 19.5. The van der Waals surface area contributed by atoms with Crippen molar-refractivity contribution >= 4 is 35.0 Å². The molecule has 2 saturated heterocycles. The zero-order valence-corrected chi connectivity index (χ0v) is 17.7. The zero-order valence-electron chi connectivity index (χ0n) is 17.7. The van der Waals surface area contributed by atoms with E-state index in [2.05, 4.69) is 23.8 Å². The predicted octanol–water partition coefficient (Wildman–Crippen LogP) is 1.58. The maximum Gasteiger partial charge on any atom is 0.259 e. The topological polar surface area (TPSA) is 98.8 Å². The van der Waals surface area contributed by atoms with Crippen molar-refractivity contribution in [3.8, 4) is 0 Å². The number of para-hydroxylation sites is 2. The van der Waals surface area contributed by atoms with E-state index in [0.29, 0.717) is 33.6 Å². The number of anilines is 2. The van der Waals surface area contributed by atoms with Crippen LogP contribution in [0.4, 0.5) is 11.4 Å². The molecule has 2 unspecified atom stereocenters. The van der Waals surface area contributed by atoms with E-state index in [1.54, 1.807) is 12.1 Å². The predicted molar refractivity (Wildman–Crippen MR) is 120 cm³/mol. The van der Waals surface area contributed by atoms with Crippen LogP contribution in [-0.2, 0) is 30.3 Å². The van der Waals surface area contributed by atoms with Gasteiger partial charge in [-0.25, -0.2) is 0 Å². The van der Waals surface area contributed by atoms with Crippen LogP contribution in [0.1, 0.15) is 24.0 Å². The SMILES string of the molecule is C=C1CC2(NC1=O)C(=O)N(CN1C(=O)C3(CC(=C)C(=O)N3)c3ccccc31)c1ccccc12. The number of nitrogens with zero attached hydrogens (tertiary/aromatic N) is 2. The second-order valence-corrected chi connectivity index (χ2v) is 8.92. The monoisotopic (exact) mass is 440 g/mol. The Balaban J connectivity index is 1.43. The van der Waals surface area contributed by atoms with Crippen LogP contribution in [0, 0.1) is 0 Å². The molecule has 8 nitrogen and oxygen atoms in total. The molecule has 0 aliphatic carbocycles. The second-order valence-electron chi connectivity index (χ2n) is 8.92. The van der Waals surface area contributed by atoms with Crippen molar-refractivity contribution in [2.24, 2.45) is 0 Å². The Morgan fingerprint density at radius 2 is 1.09 bits per heavy atom. The maximum absolute atomic E-state index is 13.7. The van der Waals surface area contributed by atoms with Gasteiger partial charge in [-0.15, -0.1) is 0 Å². The molecule has 0 aromatic heterocycles. The molecule has 2 aromatic carbocycles. The summed E-state index contributed by atoms with van der Waals surface area (Å²) in [4.78, 5) is 55.1. The molecular formula is C25H20N4O4. The standard InChI is InChI=1S/C25H20N4O4/c1-14-11-24(26-20(14)30)16-7-3-5-9-18(16)28(22(24)32)13-29-19-10-6-4-8-17(19)25(23(29)33)12-15(2)21(31)27-25/h3-10H,1-2,11-13H2,(H,26,30)(H,27,31). The van der Waals surface area contributed by atoms with Crippen LogP contribution in [0.25, 0.3) is 0 Å². The maximum atomic E-state index is 13.7. The van der Waals surface area contributed by atoms with Crippen molar-refractivity contribution < 1.29 is 19.2 Å². The van der Waals surface area contributed by atoms with Crippen LogP contribution in [0.5, 0.6) is 0 Å². The van der Waals surface area contributed by atoms with E-state index in [1.165, 1.54) is 9.80 Å². The molecule has 2 N–H and O–H groups in total. The number of amides is 4. The molecule has 0 bridgehead atoms. The number of hydrogen-bond acceptors (Lipinski definition) is 4. The lowest BCUT2D eigenvalue weighted by molar-refractivity contribution is -0.128. The van der Waals surface area contributed by atoms with Crippen molar-refractivity contribution in [1.29, 1.82) is 0 Å². The summed E-state index contributed by atoms with van der Waals surface area (Å²) in [5.41, 5.74) is 0.856. The van der Waals surface area contributed by atoms with Gasteiger partial charge in [0.25, 0.3) is 11.8 Å². The Kier molecular flexibility index (Phi) is 3.65. The molecule has 4 aliphatic heterocycles. The zero-order chi connectivity index (χ0) is 23.1. The highest BCUT2D eigenvalue weighted by atomic mass is 16.2. The molecule has 4 amide bonds. The number of benzene rings is 2. The molecule has 33 heavy (non-hydrogen) atoms. The molecule has 4 heterocycles. The molecule has 2 spiro atoms. The Hall–Kier alpha value is -4.20. The number of hydrogen-bond donors (Lipinski definition) is 2. The van der Waals surface area contributed by atoms with Crippen LogP contribution in [-0.4, -0.2) is 30.3 Å². The minimum Gasteiger partial charge on any atom is -0.334 e. The highest BCUT2D eigenvalue weighted by molar-refractivity contribution is 6.17. The number of rotatable bonds is 2. The number of nitrogens with one attached hydrogen (secondary N) is 2. The molecule has 4 aliphatic rings. The fourth-order valence-electron chi connectivity index (χ4n) is 5.51. The number of carbonyl (C=O) groups excluding carboxylic acids is 4. The fraction of sp³-hybridized carbons (Fsp3) is 0.200. The Morgan fingerprint density at radius 1 is 0.697 bits per heavy atom. The number of carbonyl (C=O) groups is 4. The molecule has 0 saturated carbocycles. The summed E-state index contributed by atoms with van der Waals surface area (Å²) in [5.74, 6) is -1.34. The number of fused-ring (bicyclic) bond motifs is 4. The van der Waals surface area contributed by atoms with Gasteiger partial charge in [-0.3, -0.25) is 29.0 Å². The van der Waals surface area contributed by atoms with Crippen LogP contribution < -0.4 is 20.4 Å². The average molecular weight is 440 g/mol. The van der Waals surface area contributed by atoms with Crippen molar-refractivity contribution in [1.82, 2.24) is 10.6 Å². The summed E-state index contributed by atoms with van der Waals surface area (Å²) in [7, 11) is 0. The first-order valence-corrected chi connectivity index (χ1v) is 10.6. The lowest BCUT2D eigenvalue weighted by atomic mass is 9.89. The van der Waals surface area contributed by atoms with Crippen molar-refractivity contribution in [2.75, 3.05) is 16.5 Å². The van der Waals surface area contributed by atoms with E-state index in [9.17, 15) is 19.2 Å². The Morgan fingerprint density at radius 3 is 1.45 bits per heavy atom. The molecule has 2 aromatic rings. The van der Waals surface area contributed by atoms with Crippen LogP contribution >= 0.6 is 0 Å². The lowest BCUT2D eigenvalue weighted by Crippen LogP contribution is -2.53. The van der Waals surface area contributed by atoms with E-state index in [1.807, 2.05) is 36.4 Å². The smallest absolute Gasteiger partial charge is 0.259 e. The third-order valence-electron chi connectivity index (χ3n) is 7.07. The molecular weight excluding hydrogens is 420 g/mol. The summed E-state index contributed by atoms with van der Waals surface area (Å²) >= 11 is 0. The Bertz CT molecular complexity index is 1210. The van der Waals surface area contributed by atoms with Crippen LogP contribution in [0.2, 0.25) is 0 Å². The van der Waals surface area contributed by atoms with Gasteiger partial charge in [-0.2, -0.15) is 0 Å². The lowest BCUT2D eigenvalue weighted by Gasteiger charge is -2.29. The summed E-state index contributed by atoms with van der Waals surface area (Å²) in [6.07, 6.45) is 0.338. The van der Waals surface area contributed by atoms with Gasteiger partial charge in [0.2, 0.25) is 11.8 Å². The fourth-order valence-corrected chi connectivity index (χ4v) is 5.51. The van der Waals surface area contributed by atoms with Crippen LogP contribution in [0.15, 0.2) is 72.8 Å². The third-order valence-corrected chi connectivity index (χ3v) is 7.07. The minimum absolute atomic E-state index is 0.0557.